The quantitative estimate of drug-likeness (QED) is 0.734. The van der Waals surface area contributed by atoms with Crippen LogP contribution < -0.4 is 16.4 Å². The minimum atomic E-state index is -0.609. The molecule has 0 aliphatic heterocycles. The summed E-state index contributed by atoms with van der Waals surface area (Å²) in [7, 11) is 0. The topological polar surface area (TPSA) is 84.2 Å². The first-order valence-corrected chi connectivity index (χ1v) is 6.59. The standard InChI is InChI=1S/C15H23N3O2/c1-9-6-7-11(16)8-12(9)14(20)17-10(2)13(19)18-15(3,4)5/h6-8,10H,16H2,1-5H3,(H,17,20)(H,18,19). The second-order valence-electron chi connectivity index (χ2n) is 6.01. The zero-order valence-corrected chi connectivity index (χ0v) is 12.7. The number of nitrogen functional groups attached to an aromatic ring is 1. The van der Waals surface area contributed by atoms with E-state index in [0.717, 1.165) is 5.56 Å². The molecule has 0 fully saturated rings. The predicted octanol–water partition coefficient (Wildman–Crippen LogP) is 1.61. The van der Waals surface area contributed by atoms with Crippen LogP contribution in [0.1, 0.15) is 43.6 Å². The van der Waals surface area contributed by atoms with Crippen LogP contribution in [0.25, 0.3) is 0 Å². The van der Waals surface area contributed by atoms with Gasteiger partial charge in [-0.1, -0.05) is 6.07 Å². The van der Waals surface area contributed by atoms with Crippen LogP contribution in [0.3, 0.4) is 0 Å². The van der Waals surface area contributed by atoms with Gasteiger partial charge in [0.1, 0.15) is 6.04 Å². The fraction of sp³-hybridized carbons (Fsp3) is 0.467. The van der Waals surface area contributed by atoms with E-state index < -0.39 is 6.04 Å². The molecular weight excluding hydrogens is 254 g/mol. The average molecular weight is 277 g/mol. The lowest BCUT2D eigenvalue weighted by molar-refractivity contribution is -0.124. The second kappa shape index (κ2) is 5.94. The fourth-order valence-electron chi connectivity index (χ4n) is 1.70. The van der Waals surface area contributed by atoms with Gasteiger partial charge in [0.15, 0.2) is 0 Å². The molecule has 0 aliphatic carbocycles. The van der Waals surface area contributed by atoms with Crippen LogP contribution >= 0.6 is 0 Å². The summed E-state index contributed by atoms with van der Waals surface area (Å²) in [6.07, 6.45) is 0. The molecule has 0 spiro atoms. The van der Waals surface area contributed by atoms with Crippen LogP contribution in [0.4, 0.5) is 5.69 Å². The van der Waals surface area contributed by atoms with E-state index in [4.69, 9.17) is 5.73 Å². The van der Waals surface area contributed by atoms with Crippen molar-refractivity contribution in [2.24, 2.45) is 0 Å². The van der Waals surface area contributed by atoms with Crippen molar-refractivity contribution in [1.29, 1.82) is 0 Å². The van der Waals surface area contributed by atoms with E-state index >= 15 is 0 Å². The van der Waals surface area contributed by atoms with E-state index in [0.29, 0.717) is 11.3 Å². The van der Waals surface area contributed by atoms with Gasteiger partial charge >= 0.3 is 0 Å². The molecule has 0 aliphatic rings. The lowest BCUT2D eigenvalue weighted by Gasteiger charge is -2.23. The van der Waals surface area contributed by atoms with Crippen LogP contribution in [-0.4, -0.2) is 23.4 Å². The van der Waals surface area contributed by atoms with Crippen molar-refractivity contribution in [2.45, 2.75) is 46.2 Å². The molecule has 1 aromatic rings. The van der Waals surface area contributed by atoms with Crippen molar-refractivity contribution in [1.82, 2.24) is 10.6 Å². The first-order valence-electron chi connectivity index (χ1n) is 6.59. The zero-order valence-electron chi connectivity index (χ0n) is 12.7. The molecule has 0 heterocycles. The van der Waals surface area contributed by atoms with Crippen molar-refractivity contribution < 1.29 is 9.59 Å². The lowest BCUT2D eigenvalue weighted by Crippen LogP contribution is -2.50. The van der Waals surface area contributed by atoms with Crippen LogP contribution in [0.2, 0.25) is 0 Å². The maximum Gasteiger partial charge on any atom is 0.252 e. The van der Waals surface area contributed by atoms with Gasteiger partial charge in [0, 0.05) is 16.8 Å². The maximum absolute atomic E-state index is 12.2. The highest BCUT2D eigenvalue weighted by atomic mass is 16.2. The Morgan fingerprint density at radius 3 is 2.40 bits per heavy atom. The number of carbonyl (C=O) groups excluding carboxylic acids is 2. The van der Waals surface area contributed by atoms with Crippen molar-refractivity contribution in [3.63, 3.8) is 0 Å². The largest absolute Gasteiger partial charge is 0.399 e. The third-order valence-corrected chi connectivity index (χ3v) is 2.75. The molecule has 5 nitrogen and oxygen atoms in total. The Morgan fingerprint density at radius 1 is 1.25 bits per heavy atom. The van der Waals surface area contributed by atoms with Crippen molar-refractivity contribution in [3.05, 3.63) is 29.3 Å². The summed E-state index contributed by atoms with van der Waals surface area (Å²) in [5, 5.41) is 5.50. The Hall–Kier alpha value is -2.04. The Balaban J connectivity index is 2.75. The fourth-order valence-corrected chi connectivity index (χ4v) is 1.70. The van der Waals surface area contributed by atoms with E-state index in [1.807, 2.05) is 27.7 Å². The summed E-state index contributed by atoms with van der Waals surface area (Å²) in [6.45, 7) is 9.15. The van der Waals surface area contributed by atoms with E-state index in [2.05, 4.69) is 10.6 Å². The molecule has 0 saturated carbocycles. The number of nitrogens with one attached hydrogen (secondary N) is 2. The molecule has 5 heteroatoms. The van der Waals surface area contributed by atoms with Gasteiger partial charge in [-0.25, -0.2) is 0 Å². The molecule has 2 amide bonds. The Morgan fingerprint density at radius 2 is 1.85 bits per heavy atom. The van der Waals surface area contributed by atoms with Gasteiger partial charge in [-0.05, 0) is 52.3 Å². The van der Waals surface area contributed by atoms with Gasteiger partial charge in [-0.15, -0.1) is 0 Å². The predicted molar refractivity (Wildman–Crippen MR) is 80.4 cm³/mol. The van der Waals surface area contributed by atoms with E-state index in [1.165, 1.54) is 0 Å². The second-order valence-corrected chi connectivity index (χ2v) is 6.01. The smallest absolute Gasteiger partial charge is 0.252 e. The normalized spacial score (nSPS) is 12.7. The van der Waals surface area contributed by atoms with Gasteiger partial charge in [-0.2, -0.15) is 0 Å². The number of hydrogen-bond acceptors (Lipinski definition) is 3. The third-order valence-electron chi connectivity index (χ3n) is 2.75. The molecule has 1 aromatic carbocycles. The van der Waals surface area contributed by atoms with Crippen molar-refractivity contribution in [2.75, 3.05) is 5.73 Å². The number of nitrogens with two attached hydrogens (primary N) is 1. The minimum Gasteiger partial charge on any atom is -0.399 e. The average Bonchev–Trinajstić information content (AvgIpc) is 2.29. The number of amides is 2. The maximum atomic E-state index is 12.2. The minimum absolute atomic E-state index is 0.215. The first kappa shape index (κ1) is 16.0. The van der Waals surface area contributed by atoms with Gasteiger partial charge in [0.05, 0.1) is 0 Å². The molecule has 20 heavy (non-hydrogen) atoms. The molecule has 0 bridgehead atoms. The molecule has 1 rings (SSSR count). The summed E-state index contributed by atoms with van der Waals surface area (Å²) in [4.78, 5) is 24.1. The highest BCUT2D eigenvalue weighted by Gasteiger charge is 2.21. The van der Waals surface area contributed by atoms with E-state index in [9.17, 15) is 9.59 Å². The highest BCUT2D eigenvalue weighted by Crippen LogP contribution is 2.12. The molecule has 4 N–H and O–H groups in total. The Bertz CT molecular complexity index is 518. The summed E-state index contributed by atoms with van der Waals surface area (Å²) in [5.74, 6) is -0.515. The molecule has 0 aromatic heterocycles. The van der Waals surface area contributed by atoms with Gasteiger partial charge in [-0.3, -0.25) is 9.59 Å². The lowest BCUT2D eigenvalue weighted by atomic mass is 10.1. The number of rotatable bonds is 3. The van der Waals surface area contributed by atoms with Crippen LogP contribution in [-0.2, 0) is 4.79 Å². The number of carbonyl (C=O) groups is 2. The summed E-state index contributed by atoms with van der Waals surface area (Å²) >= 11 is 0. The molecular formula is C15H23N3O2. The van der Waals surface area contributed by atoms with Gasteiger partial charge in [0.2, 0.25) is 5.91 Å². The van der Waals surface area contributed by atoms with Crippen LogP contribution in [0.15, 0.2) is 18.2 Å². The summed E-state index contributed by atoms with van der Waals surface area (Å²) < 4.78 is 0. The van der Waals surface area contributed by atoms with Crippen molar-refractivity contribution in [3.8, 4) is 0 Å². The molecule has 0 radical (unpaired) electrons. The molecule has 110 valence electrons. The number of hydrogen-bond donors (Lipinski definition) is 3. The number of benzene rings is 1. The molecule has 1 unspecified atom stereocenters. The van der Waals surface area contributed by atoms with Crippen LogP contribution in [0, 0.1) is 6.92 Å². The number of anilines is 1. The molecule has 0 saturated heterocycles. The number of aryl methyl sites for hydroxylation is 1. The Labute approximate surface area is 119 Å². The Kier molecular flexibility index (Phi) is 4.76. The molecule has 1 atom stereocenters. The van der Waals surface area contributed by atoms with Crippen molar-refractivity contribution >= 4 is 17.5 Å². The third kappa shape index (κ3) is 4.57. The summed E-state index contributed by atoms with van der Waals surface area (Å²) in [6, 6.07) is 4.52. The zero-order chi connectivity index (χ0) is 15.5. The van der Waals surface area contributed by atoms with E-state index in [-0.39, 0.29) is 17.4 Å². The monoisotopic (exact) mass is 277 g/mol. The SMILES string of the molecule is Cc1ccc(N)cc1C(=O)NC(C)C(=O)NC(C)(C)C. The van der Waals surface area contributed by atoms with Gasteiger partial charge in [0.25, 0.3) is 5.91 Å². The summed E-state index contributed by atoms with van der Waals surface area (Å²) in [5.41, 5.74) is 7.18. The first-order chi connectivity index (χ1) is 9.10. The highest BCUT2D eigenvalue weighted by molar-refractivity contribution is 5.99. The van der Waals surface area contributed by atoms with Gasteiger partial charge < -0.3 is 16.4 Å². The van der Waals surface area contributed by atoms with E-state index in [1.54, 1.807) is 25.1 Å². The van der Waals surface area contributed by atoms with Crippen LogP contribution in [0.5, 0.6) is 0 Å².